The van der Waals surface area contributed by atoms with E-state index in [2.05, 4.69) is 11.4 Å². The third-order valence-electron chi connectivity index (χ3n) is 2.31. The molecule has 1 aromatic rings. The molecular weight excluding hydrogens is 202 g/mol. The van der Waals surface area contributed by atoms with Crippen LogP contribution in [0.3, 0.4) is 0 Å². The van der Waals surface area contributed by atoms with Crippen LogP contribution in [-0.4, -0.2) is 24.4 Å². The summed E-state index contributed by atoms with van der Waals surface area (Å²) in [6.07, 6.45) is -0.302. The first kappa shape index (κ1) is 13.0. The van der Waals surface area contributed by atoms with Crippen molar-refractivity contribution in [2.24, 2.45) is 0 Å². The lowest BCUT2D eigenvalue weighted by molar-refractivity contribution is 0.191. The number of hydrogen-bond donors (Lipinski definition) is 2. The molecule has 3 nitrogen and oxygen atoms in total. The highest BCUT2D eigenvalue weighted by Crippen LogP contribution is 2.18. The molecule has 1 atom stereocenters. The lowest BCUT2D eigenvalue weighted by Crippen LogP contribution is -2.23. The molecule has 0 heterocycles. The van der Waals surface area contributed by atoms with Crippen LogP contribution in [0.1, 0.15) is 25.0 Å². The van der Waals surface area contributed by atoms with Gasteiger partial charge in [-0.25, -0.2) is 0 Å². The summed E-state index contributed by atoms with van der Waals surface area (Å²) in [5, 5.41) is 12.3. The molecule has 0 aliphatic heterocycles. The van der Waals surface area contributed by atoms with E-state index in [1.54, 1.807) is 6.92 Å². The molecule has 1 aromatic carbocycles. The van der Waals surface area contributed by atoms with Crippen LogP contribution in [0.4, 0.5) is 0 Å². The Balaban J connectivity index is 2.52. The Hall–Kier alpha value is -1.06. The predicted octanol–water partition coefficient (Wildman–Crippen LogP) is 1.86. The van der Waals surface area contributed by atoms with Crippen LogP contribution in [-0.2, 0) is 6.54 Å². The van der Waals surface area contributed by atoms with Crippen molar-refractivity contribution in [3.8, 4) is 5.75 Å². The predicted molar refractivity (Wildman–Crippen MR) is 65.7 cm³/mol. The van der Waals surface area contributed by atoms with Gasteiger partial charge in [0.1, 0.15) is 5.75 Å². The number of hydrogen-bond acceptors (Lipinski definition) is 3. The molecule has 1 unspecified atom stereocenters. The van der Waals surface area contributed by atoms with Crippen LogP contribution < -0.4 is 10.1 Å². The van der Waals surface area contributed by atoms with Crippen molar-refractivity contribution in [2.45, 2.75) is 33.4 Å². The molecule has 90 valence electrons. The largest absolute Gasteiger partial charge is 0.494 e. The first-order chi connectivity index (χ1) is 7.63. The molecule has 1 rings (SSSR count). The van der Waals surface area contributed by atoms with Crippen LogP contribution >= 0.6 is 0 Å². The fourth-order valence-electron chi connectivity index (χ4n) is 1.56. The Labute approximate surface area is 97.4 Å². The second kappa shape index (κ2) is 6.51. The minimum Gasteiger partial charge on any atom is -0.494 e. The first-order valence-electron chi connectivity index (χ1n) is 5.74. The summed E-state index contributed by atoms with van der Waals surface area (Å²) >= 11 is 0. The van der Waals surface area contributed by atoms with Gasteiger partial charge in [-0.3, -0.25) is 0 Å². The molecule has 3 heteroatoms. The van der Waals surface area contributed by atoms with Gasteiger partial charge in [0.05, 0.1) is 12.7 Å². The number of nitrogens with one attached hydrogen (secondary N) is 1. The van der Waals surface area contributed by atoms with Gasteiger partial charge in [0, 0.05) is 13.1 Å². The molecule has 0 spiro atoms. The summed E-state index contributed by atoms with van der Waals surface area (Å²) in [5.74, 6) is 0.946. The summed E-state index contributed by atoms with van der Waals surface area (Å²) in [6, 6.07) is 6.16. The van der Waals surface area contributed by atoms with Crippen LogP contribution in [0.25, 0.3) is 0 Å². The van der Waals surface area contributed by atoms with Crippen molar-refractivity contribution >= 4 is 0 Å². The van der Waals surface area contributed by atoms with Gasteiger partial charge < -0.3 is 15.2 Å². The van der Waals surface area contributed by atoms with Crippen molar-refractivity contribution in [3.63, 3.8) is 0 Å². The van der Waals surface area contributed by atoms with Gasteiger partial charge in [0.25, 0.3) is 0 Å². The summed E-state index contributed by atoms with van der Waals surface area (Å²) < 4.78 is 5.47. The topological polar surface area (TPSA) is 41.5 Å². The molecule has 0 aromatic heterocycles. The van der Waals surface area contributed by atoms with E-state index in [-0.39, 0.29) is 6.10 Å². The average molecular weight is 223 g/mol. The van der Waals surface area contributed by atoms with E-state index >= 15 is 0 Å². The highest BCUT2D eigenvalue weighted by Gasteiger charge is 2.01. The molecule has 2 N–H and O–H groups in total. The molecule has 0 amide bonds. The first-order valence-corrected chi connectivity index (χ1v) is 5.74. The molecular formula is C13H21NO2. The molecule has 0 aliphatic carbocycles. The fourth-order valence-corrected chi connectivity index (χ4v) is 1.56. The van der Waals surface area contributed by atoms with Gasteiger partial charge in [-0.1, -0.05) is 12.1 Å². The normalized spacial score (nSPS) is 12.5. The van der Waals surface area contributed by atoms with E-state index in [0.29, 0.717) is 13.2 Å². The van der Waals surface area contributed by atoms with E-state index in [9.17, 15) is 0 Å². The smallest absolute Gasteiger partial charge is 0.122 e. The Morgan fingerprint density at radius 3 is 2.75 bits per heavy atom. The summed E-state index contributed by atoms with van der Waals surface area (Å²) in [4.78, 5) is 0. The number of aliphatic hydroxyl groups excluding tert-OH is 1. The zero-order chi connectivity index (χ0) is 12.0. The van der Waals surface area contributed by atoms with Gasteiger partial charge in [-0.15, -0.1) is 0 Å². The molecule has 0 fully saturated rings. The Morgan fingerprint density at radius 2 is 2.19 bits per heavy atom. The quantitative estimate of drug-likeness (QED) is 0.773. The fraction of sp³-hybridized carbons (Fsp3) is 0.538. The molecule has 0 saturated carbocycles. The van der Waals surface area contributed by atoms with Crippen molar-refractivity contribution in [1.29, 1.82) is 0 Å². The molecule has 0 radical (unpaired) electrons. The van der Waals surface area contributed by atoms with E-state index in [4.69, 9.17) is 9.84 Å². The maximum absolute atomic E-state index is 9.12. The number of ether oxygens (including phenoxy) is 1. The summed E-state index contributed by atoms with van der Waals surface area (Å²) in [7, 11) is 0. The molecule has 0 bridgehead atoms. The molecule has 0 aliphatic rings. The number of benzene rings is 1. The van der Waals surface area contributed by atoms with Crippen molar-refractivity contribution in [3.05, 3.63) is 29.3 Å². The van der Waals surface area contributed by atoms with E-state index in [0.717, 1.165) is 17.9 Å². The number of aliphatic hydroxyl groups is 1. The maximum Gasteiger partial charge on any atom is 0.122 e. The lowest BCUT2D eigenvalue weighted by Gasteiger charge is -2.10. The van der Waals surface area contributed by atoms with Crippen LogP contribution in [0.5, 0.6) is 5.75 Å². The average Bonchev–Trinajstić information content (AvgIpc) is 2.21. The Morgan fingerprint density at radius 1 is 1.44 bits per heavy atom. The standard InChI is InChI=1S/C13H21NO2/c1-4-16-13-6-5-12(7-10(13)2)9-14-8-11(3)15/h5-7,11,14-15H,4,8-9H2,1-3H3. The van der Waals surface area contributed by atoms with Gasteiger partial charge in [0.2, 0.25) is 0 Å². The van der Waals surface area contributed by atoms with Crippen LogP contribution in [0.15, 0.2) is 18.2 Å². The highest BCUT2D eigenvalue weighted by molar-refractivity contribution is 5.36. The van der Waals surface area contributed by atoms with Crippen molar-refractivity contribution < 1.29 is 9.84 Å². The van der Waals surface area contributed by atoms with E-state index in [1.807, 2.05) is 26.0 Å². The van der Waals surface area contributed by atoms with Crippen molar-refractivity contribution in [2.75, 3.05) is 13.2 Å². The number of rotatable bonds is 6. The molecule has 0 saturated heterocycles. The van der Waals surface area contributed by atoms with Gasteiger partial charge in [-0.2, -0.15) is 0 Å². The monoisotopic (exact) mass is 223 g/mol. The minimum atomic E-state index is -0.302. The molecule has 16 heavy (non-hydrogen) atoms. The van der Waals surface area contributed by atoms with Gasteiger partial charge >= 0.3 is 0 Å². The van der Waals surface area contributed by atoms with E-state index in [1.165, 1.54) is 5.56 Å². The third kappa shape index (κ3) is 4.21. The Bertz CT molecular complexity index is 324. The zero-order valence-electron chi connectivity index (χ0n) is 10.3. The second-order valence-electron chi connectivity index (χ2n) is 4.01. The highest BCUT2D eigenvalue weighted by atomic mass is 16.5. The maximum atomic E-state index is 9.12. The zero-order valence-corrected chi connectivity index (χ0v) is 10.3. The Kier molecular flexibility index (Phi) is 5.29. The summed E-state index contributed by atoms with van der Waals surface area (Å²) in [6.45, 7) is 7.89. The van der Waals surface area contributed by atoms with Crippen LogP contribution in [0.2, 0.25) is 0 Å². The lowest BCUT2D eigenvalue weighted by atomic mass is 10.1. The summed E-state index contributed by atoms with van der Waals surface area (Å²) in [5.41, 5.74) is 2.36. The third-order valence-corrected chi connectivity index (χ3v) is 2.31. The minimum absolute atomic E-state index is 0.302. The second-order valence-corrected chi connectivity index (χ2v) is 4.01. The van der Waals surface area contributed by atoms with Gasteiger partial charge in [-0.05, 0) is 38.0 Å². The van der Waals surface area contributed by atoms with Crippen LogP contribution in [0, 0.1) is 6.92 Å². The SMILES string of the molecule is CCOc1ccc(CNCC(C)O)cc1C. The van der Waals surface area contributed by atoms with E-state index < -0.39 is 0 Å². The van der Waals surface area contributed by atoms with Gasteiger partial charge in [0.15, 0.2) is 0 Å². The van der Waals surface area contributed by atoms with Crippen molar-refractivity contribution in [1.82, 2.24) is 5.32 Å². The number of aryl methyl sites for hydroxylation is 1.